The topological polar surface area (TPSA) is 40.6 Å². The number of halogens is 2. The molecule has 45 heavy (non-hydrogen) atoms. The van der Waals surface area contributed by atoms with Gasteiger partial charge in [-0.25, -0.2) is 4.39 Å². The molecule has 2 aliphatic heterocycles. The maximum absolute atomic E-state index is 16.0. The van der Waals surface area contributed by atoms with Gasteiger partial charge in [-0.05, 0) is 64.2 Å². The van der Waals surface area contributed by atoms with Crippen molar-refractivity contribution in [2.75, 3.05) is 22.9 Å². The molecule has 2 aromatic rings. The predicted molar refractivity (Wildman–Crippen MR) is 192 cm³/mol. The number of nitrogens with zero attached hydrogens (tertiary/aromatic N) is 2. The lowest BCUT2D eigenvalue weighted by Crippen LogP contribution is -2.38. The van der Waals surface area contributed by atoms with Crippen LogP contribution >= 0.6 is 27.3 Å². The first-order valence-electron chi connectivity index (χ1n) is 18.1. The molecule has 0 spiro atoms. The van der Waals surface area contributed by atoms with Gasteiger partial charge in [0.2, 0.25) is 11.8 Å². The molecule has 0 bridgehead atoms. The summed E-state index contributed by atoms with van der Waals surface area (Å²) in [7, 11) is 0. The highest BCUT2D eigenvalue weighted by Gasteiger charge is 2.52. The molecule has 3 heterocycles. The summed E-state index contributed by atoms with van der Waals surface area (Å²) in [6.07, 6.45) is 21.2. The largest absolute Gasteiger partial charge is 0.311 e. The lowest BCUT2D eigenvalue weighted by molar-refractivity contribution is -0.125. The Hall–Kier alpha value is -1.73. The van der Waals surface area contributed by atoms with Crippen LogP contribution in [0.25, 0.3) is 0 Å². The average Bonchev–Trinajstić information content (AvgIpc) is 3.68. The van der Waals surface area contributed by atoms with E-state index >= 15 is 4.39 Å². The van der Waals surface area contributed by atoms with Crippen molar-refractivity contribution in [3.8, 4) is 0 Å². The van der Waals surface area contributed by atoms with Gasteiger partial charge in [-0.2, -0.15) is 0 Å². The molecular weight excluding hydrogens is 647 g/mol. The third-order valence-corrected chi connectivity index (χ3v) is 11.6. The number of amides is 2. The van der Waals surface area contributed by atoms with Crippen molar-refractivity contribution in [3.63, 3.8) is 0 Å². The molecular formula is C38H56BrFN2O2S. The molecule has 0 fully saturated rings. The highest BCUT2D eigenvalue weighted by atomic mass is 79.9. The van der Waals surface area contributed by atoms with Crippen LogP contribution in [-0.2, 0) is 9.59 Å². The zero-order chi connectivity index (χ0) is 32.2. The fourth-order valence-corrected chi connectivity index (χ4v) is 8.74. The Labute approximate surface area is 284 Å². The Morgan fingerprint density at radius 2 is 1.29 bits per heavy atom. The molecule has 0 aliphatic carbocycles. The second-order valence-electron chi connectivity index (χ2n) is 13.4. The number of rotatable bonds is 22. The van der Waals surface area contributed by atoms with Crippen LogP contribution in [-0.4, -0.2) is 24.9 Å². The third kappa shape index (κ3) is 9.00. The van der Waals surface area contributed by atoms with Crippen LogP contribution in [0.15, 0.2) is 28.1 Å². The van der Waals surface area contributed by atoms with Gasteiger partial charge < -0.3 is 9.80 Å². The summed E-state index contributed by atoms with van der Waals surface area (Å²) in [6, 6.07) is 5.62. The van der Waals surface area contributed by atoms with Crippen LogP contribution in [0.2, 0.25) is 0 Å². The van der Waals surface area contributed by atoms with Gasteiger partial charge in [0.1, 0.15) is 0 Å². The van der Waals surface area contributed by atoms with Crippen molar-refractivity contribution in [2.45, 2.75) is 148 Å². The van der Waals surface area contributed by atoms with Gasteiger partial charge in [-0.1, -0.05) is 123 Å². The van der Waals surface area contributed by atoms with Crippen LogP contribution in [0, 0.1) is 11.7 Å². The van der Waals surface area contributed by atoms with E-state index in [0.717, 1.165) is 49.1 Å². The van der Waals surface area contributed by atoms with Crippen molar-refractivity contribution in [1.82, 2.24) is 0 Å². The van der Waals surface area contributed by atoms with Crippen LogP contribution in [0.4, 0.5) is 15.8 Å². The minimum Gasteiger partial charge on any atom is -0.311 e. The van der Waals surface area contributed by atoms with Gasteiger partial charge in [-0.3, -0.25) is 9.59 Å². The van der Waals surface area contributed by atoms with E-state index in [1.807, 2.05) is 22.4 Å². The monoisotopic (exact) mass is 702 g/mol. The fourth-order valence-electron chi connectivity index (χ4n) is 7.40. The number of carbonyl (C=O) groups is 2. The maximum Gasteiger partial charge on any atom is 0.236 e. The van der Waals surface area contributed by atoms with Crippen molar-refractivity contribution in [3.05, 3.63) is 44.3 Å². The van der Waals surface area contributed by atoms with E-state index in [1.54, 1.807) is 22.3 Å². The molecule has 1 aromatic heterocycles. The summed E-state index contributed by atoms with van der Waals surface area (Å²) in [5.74, 6) is -1.43. The summed E-state index contributed by atoms with van der Waals surface area (Å²) in [5.41, 5.74) is 2.01. The fraction of sp³-hybridized carbons (Fsp3) is 0.684. The number of unbranched alkanes of at least 4 members (excludes halogenated alkanes) is 13. The van der Waals surface area contributed by atoms with Crippen molar-refractivity contribution in [1.29, 1.82) is 0 Å². The molecule has 0 N–H and O–H groups in total. The first-order valence-corrected chi connectivity index (χ1v) is 19.8. The van der Waals surface area contributed by atoms with Gasteiger partial charge in [0, 0.05) is 18.0 Å². The minimum atomic E-state index is -0.683. The van der Waals surface area contributed by atoms with Crippen molar-refractivity contribution < 1.29 is 14.0 Å². The second-order valence-corrected chi connectivity index (χ2v) is 15.2. The van der Waals surface area contributed by atoms with E-state index in [4.69, 9.17) is 0 Å². The highest BCUT2D eigenvalue weighted by Crippen LogP contribution is 2.54. The Morgan fingerprint density at radius 3 is 1.93 bits per heavy atom. The smallest absolute Gasteiger partial charge is 0.236 e. The molecule has 2 amide bonds. The molecule has 2 aliphatic rings. The first kappa shape index (κ1) is 36.1. The summed E-state index contributed by atoms with van der Waals surface area (Å²) < 4.78 is 16.4. The van der Waals surface area contributed by atoms with Gasteiger partial charge in [0.05, 0.1) is 27.7 Å². The van der Waals surface area contributed by atoms with E-state index in [-0.39, 0.29) is 17.6 Å². The number of thiophene rings is 1. The number of benzene rings is 1. The Balaban J connectivity index is 1.54. The van der Waals surface area contributed by atoms with E-state index < -0.39 is 11.8 Å². The van der Waals surface area contributed by atoms with E-state index in [9.17, 15) is 9.59 Å². The van der Waals surface area contributed by atoms with Crippen LogP contribution < -0.4 is 9.80 Å². The molecule has 4 nitrogen and oxygen atoms in total. The molecule has 1 aromatic carbocycles. The molecule has 250 valence electrons. The zero-order valence-electron chi connectivity index (χ0n) is 28.1. The molecule has 3 atom stereocenters. The predicted octanol–water partition coefficient (Wildman–Crippen LogP) is 11.9. The minimum absolute atomic E-state index is 0.00285. The maximum atomic E-state index is 16.0. The molecule has 4 rings (SSSR count). The number of carbonyl (C=O) groups excluding carboxylic acids is 2. The van der Waals surface area contributed by atoms with Crippen LogP contribution in [0.3, 0.4) is 0 Å². The summed E-state index contributed by atoms with van der Waals surface area (Å²) in [5, 5.41) is 2.03. The second kappa shape index (κ2) is 18.6. The summed E-state index contributed by atoms with van der Waals surface area (Å²) in [4.78, 5) is 33.2. The number of hydrogen-bond acceptors (Lipinski definition) is 3. The Kier molecular flexibility index (Phi) is 14.9. The standard InChI is InChI=1S/C38H56BrFN2O2S/c1-4-7-10-13-15-18-21-28(20-17-12-9-6-3)27-42-35-29(22-23-30(39)34(35)40)32(37(42)43)33-36-31(24-26-45-36)41(38(33)44)25-19-16-14-11-8-5-2/h22-24,26,28,32-33H,4-21,25,27H2,1-3H3. The average molecular weight is 704 g/mol. The van der Waals surface area contributed by atoms with Gasteiger partial charge >= 0.3 is 0 Å². The first-order chi connectivity index (χ1) is 21.9. The van der Waals surface area contributed by atoms with Gasteiger partial charge in [0.25, 0.3) is 0 Å². The van der Waals surface area contributed by atoms with Crippen molar-refractivity contribution >= 4 is 50.5 Å². The molecule has 0 radical (unpaired) electrons. The van der Waals surface area contributed by atoms with E-state index in [1.165, 1.54) is 77.0 Å². The Morgan fingerprint density at radius 1 is 0.733 bits per heavy atom. The molecule has 0 saturated heterocycles. The van der Waals surface area contributed by atoms with Crippen molar-refractivity contribution in [2.24, 2.45) is 5.92 Å². The lowest BCUT2D eigenvalue weighted by Gasteiger charge is -2.26. The Bertz CT molecular complexity index is 1230. The molecule has 0 saturated carbocycles. The molecule has 7 heteroatoms. The van der Waals surface area contributed by atoms with Crippen LogP contribution in [0.5, 0.6) is 0 Å². The number of anilines is 2. The molecule has 3 unspecified atom stereocenters. The number of hydrogen-bond donors (Lipinski definition) is 0. The lowest BCUT2D eigenvalue weighted by atomic mass is 9.86. The normalized spacial score (nSPS) is 18.2. The van der Waals surface area contributed by atoms with E-state index in [0.29, 0.717) is 34.7 Å². The van der Waals surface area contributed by atoms with E-state index in [2.05, 4.69) is 36.7 Å². The van der Waals surface area contributed by atoms with Crippen LogP contribution in [0.1, 0.15) is 159 Å². The van der Waals surface area contributed by atoms with Gasteiger partial charge in [-0.15, -0.1) is 11.3 Å². The zero-order valence-corrected chi connectivity index (χ0v) is 30.5. The highest BCUT2D eigenvalue weighted by molar-refractivity contribution is 9.10. The number of fused-ring (bicyclic) bond motifs is 2. The summed E-state index contributed by atoms with van der Waals surface area (Å²) in [6.45, 7) is 7.89. The quantitative estimate of drug-likeness (QED) is 0.115. The summed E-state index contributed by atoms with van der Waals surface area (Å²) >= 11 is 4.97. The third-order valence-electron chi connectivity index (χ3n) is 9.96. The SMILES string of the molecule is CCCCCCCCC(CCCCCC)CN1C(=O)C(C2C(=O)N(CCCCCCCC)c3ccsc32)c2ccc(Br)c(F)c21. The van der Waals surface area contributed by atoms with Gasteiger partial charge in [0.15, 0.2) is 5.82 Å².